The van der Waals surface area contributed by atoms with Gasteiger partial charge in [0.15, 0.2) is 0 Å². The van der Waals surface area contributed by atoms with Crippen molar-refractivity contribution in [3.8, 4) is 0 Å². The number of carbonyl (C=O) groups excluding carboxylic acids is 2. The van der Waals surface area contributed by atoms with Crippen LogP contribution in [-0.2, 0) is 9.59 Å². The second kappa shape index (κ2) is 6.58. The van der Waals surface area contributed by atoms with Crippen LogP contribution in [-0.4, -0.2) is 59.0 Å². The van der Waals surface area contributed by atoms with Gasteiger partial charge in [-0.3, -0.25) is 9.59 Å². The van der Waals surface area contributed by atoms with Crippen molar-refractivity contribution in [1.29, 1.82) is 0 Å². The first kappa shape index (κ1) is 16.3. The summed E-state index contributed by atoms with van der Waals surface area (Å²) in [5.74, 6) is -1.87. The number of nitrogens with two attached hydrogens (primary N) is 1. The van der Waals surface area contributed by atoms with Gasteiger partial charge in [-0.25, -0.2) is 4.79 Å². The SMILES string of the molecule is CC1(C)CCCN(C(=O)N(CC(N)=O)CC(=O)O)CC1. The molecular formula is C13H23N3O4. The van der Waals surface area contributed by atoms with Crippen molar-refractivity contribution in [1.82, 2.24) is 9.80 Å². The summed E-state index contributed by atoms with van der Waals surface area (Å²) < 4.78 is 0. The molecule has 20 heavy (non-hydrogen) atoms. The fourth-order valence-corrected chi connectivity index (χ4v) is 2.36. The van der Waals surface area contributed by atoms with E-state index in [2.05, 4.69) is 13.8 Å². The normalized spacial score (nSPS) is 18.2. The Morgan fingerprint density at radius 1 is 1.20 bits per heavy atom. The Kier molecular flexibility index (Phi) is 5.35. The maximum atomic E-state index is 12.3. The molecule has 7 heteroatoms. The molecule has 0 atom stereocenters. The molecule has 1 rings (SSSR count). The zero-order valence-electron chi connectivity index (χ0n) is 12.1. The van der Waals surface area contributed by atoms with Gasteiger partial charge in [0, 0.05) is 13.1 Å². The fraction of sp³-hybridized carbons (Fsp3) is 0.769. The molecule has 7 nitrogen and oxygen atoms in total. The van der Waals surface area contributed by atoms with Crippen LogP contribution in [0.4, 0.5) is 4.79 Å². The molecule has 114 valence electrons. The summed E-state index contributed by atoms with van der Waals surface area (Å²) in [5, 5.41) is 8.82. The number of hydrogen-bond acceptors (Lipinski definition) is 3. The number of nitrogens with zero attached hydrogens (tertiary/aromatic N) is 2. The molecule has 1 aliphatic heterocycles. The van der Waals surface area contributed by atoms with E-state index >= 15 is 0 Å². The molecule has 0 aromatic heterocycles. The van der Waals surface area contributed by atoms with Crippen molar-refractivity contribution < 1.29 is 19.5 Å². The van der Waals surface area contributed by atoms with Crippen LogP contribution in [0.3, 0.4) is 0 Å². The molecule has 0 aromatic rings. The molecule has 0 saturated carbocycles. The van der Waals surface area contributed by atoms with Gasteiger partial charge in [-0.2, -0.15) is 0 Å². The molecule has 1 heterocycles. The first-order chi connectivity index (χ1) is 9.21. The second-order valence-corrected chi connectivity index (χ2v) is 6.00. The van der Waals surface area contributed by atoms with E-state index in [1.54, 1.807) is 4.90 Å². The molecule has 0 aliphatic carbocycles. The van der Waals surface area contributed by atoms with Crippen LogP contribution < -0.4 is 5.73 Å². The summed E-state index contributed by atoms with van der Waals surface area (Å²) >= 11 is 0. The minimum absolute atomic E-state index is 0.177. The summed E-state index contributed by atoms with van der Waals surface area (Å²) in [6, 6.07) is -0.427. The van der Waals surface area contributed by atoms with E-state index in [0.717, 1.165) is 24.2 Å². The van der Waals surface area contributed by atoms with Crippen LogP contribution >= 0.6 is 0 Å². The Balaban J connectivity index is 2.72. The van der Waals surface area contributed by atoms with Crippen molar-refractivity contribution in [2.45, 2.75) is 33.1 Å². The van der Waals surface area contributed by atoms with E-state index in [9.17, 15) is 14.4 Å². The van der Waals surface area contributed by atoms with Crippen LogP contribution in [0.2, 0.25) is 0 Å². The lowest BCUT2D eigenvalue weighted by molar-refractivity contribution is -0.138. The lowest BCUT2D eigenvalue weighted by Crippen LogP contribution is -2.48. The number of carbonyl (C=O) groups is 3. The lowest BCUT2D eigenvalue weighted by atomic mass is 9.85. The third-order valence-electron chi connectivity index (χ3n) is 3.55. The molecule has 0 aromatic carbocycles. The molecule has 0 radical (unpaired) electrons. The standard InChI is InChI=1S/C13H23N3O4/c1-13(2)4-3-6-15(7-5-13)12(20)16(8-10(14)17)9-11(18)19/h3-9H2,1-2H3,(H2,14,17)(H,18,19). The number of likely N-dealkylation sites (tertiary alicyclic amines) is 1. The molecule has 1 aliphatic rings. The Hall–Kier alpha value is -1.79. The van der Waals surface area contributed by atoms with Gasteiger partial charge >= 0.3 is 12.0 Å². The molecule has 3 amide bonds. The van der Waals surface area contributed by atoms with Gasteiger partial charge in [-0.05, 0) is 24.7 Å². The number of carboxylic acids is 1. The molecule has 0 spiro atoms. The first-order valence-corrected chi connectivity index (χ1v) is 6.75. The van der Waals surface area contributed by atoms with Gasteiger partial charge in [-0.15, -0.1) is 0 Å². The number of amides is 3. The van der Waals surface area contributed by atoms with Crippen molar-refractivity contribution in [2.24, 2.45) is 11.1 Å². The molecule has 3 N–H and O–H groups in total. The van der Waals surface area contributed by atoms with Crippen LogP contribution in [0.25, 0.3) is 0 Å². The monoisotopic (exact) mass is 285 g/mol. The second-order valence-electron chi connectivity index (χ2n) is 6.00. The number of primary amides is 1. The van der Waals surface area contributed by atoms with E-state index in [1.165, 1.54) is 0 Å². The highest BCUT2D eigenvalue weighted by atomic mass is 16.4. The Labute approximate surface area is 118 Å². The Morgan fingerprint density at radius 2 is 1.85 bits per heavy atom. The molecule has 0 unspecified atom stereocenters. The van der Waals surface area contributed by atoms with Crippen LogP contribution in [0, 0.1) is 5.41 Å². The van der Waals surface area contributed by atoms with Crippen molar-refractivity contribution >= 4 is 17.9 Å². The summed E-state index contributed by atoms with van der Waals surface area (Å²) in [7, 11) is 0. The predicted octanol–water partition coefficient (Wildman–Crippen LogP) is 0.490. The number of urea groups is 1. The van der Waals surface area contributed by atoms with Gasteiger partial charge in [-0.1, -0.05) is 13.8 Å². The summed E-state index contributed by atoms with van der Waals surface area (Å²) in [5.41, 5.74) is 5.24. The largest absolute Gasteiger partial charge is 0.480 e. The van der Waals surface area contributed by atoms with Crippen LogP contribution in [0.5, 0.6) is 0 Å². The number of aliphatic carboxylic acids is 1. The van der Waals surface area contributed by atoms with Gasteiger partial charge in [0.2, 0.25) is 5.91 Å². The van der Waals surface area contributed by atoms with Crippen LogP contribution in [0.15, 0.2) is 0 Å². The summed E-state index contributed by atoms with van der Waals surface area (Å²) in [6.45, 7) is 4.57. The highest BCUT2D eigenvalue weighted by Gasteiger charge is 2.29. The quantitative estimate of drug-likeness (QED) is 0.784. The Bertz CT molecular complexity index is 379. The first-order valence-electron chi connectivity index (χ1n) is 6.75. The fourth-order valence-electron chi connectivity index (χ4n) is 2.36. The number of rotatable bonds is 4. The van der Waals surface area contributed by atoms with E-state index in [0.29, 0.717) is 13.1 Å². The highest BCUT2D eigenvalue weighted by molar-refractivity contribution is 5.86. The average Bonchev–Trinajstić information content (AvgIpc) is 2.47. The van der Waals surface area contributed by atoms with Gasteiger partial charge < -0.3 is 20.6 Å². The van der Waals surface area contributed by atoms with Gasteiger partial charge in [0.1, 0.15) is 13.1 Å². The van der Waals surface area contributed by atoms with Gasteiger partial charge in [0.25, 0.3) is 0 Å². The van der Waals surface area contributed by atoms with Crippen molar-refractivity contribution in [3.63, 3.8) is 0 Å². The van der Waals surface area contributed by atoms with Crippen molar-refractivity contribution in [3.05, 3.63) is 0 Å². The zero-order valence-corrected chi connectivity index (χ0v) is 12.1. The third-order valence-corrected chi connectivity index (χ3v) is 3.55. The number of carboxylic acid groups (broad SMARTS) is 1. The summed E-state index contributed by atoms with van der Waals surface area (Å²) in [4.78, 5) is 36.7. The van der Waals surface area contributed by atoms with Crippen LogP contribution in [0.1, 0.15) is 33.1 Å². The third kappa shape index (κ3) is 5.07. The maximum Gasteiger partial charge on any atom is 0.323 e. The molecule has 1 fully saturated rings. The topological polar surface area (TPSA) is 104 Å². The van der Waals surface area contributed by atoms with Crippen molar-refractivity contribution in [2.75, 3.05) is 26.2 Å². The average molecular weight is 285 g/mol. The van der Waals surface area contributed by atoms with E-state index in [4.69, 9.17) is 10.8 Å². The number of hydrogen-bond donors (Lipinski definition) is 2. The molecular weight excluding hydrogens is 262 g/mol. The van der Waals surface area contributed by atoms with Gasteiger partial charge in [0.05, 0.1) is 0 Å². The highest BCUT2D eigenvalue weighted by Crippen LogP contribution is 2.30. The summed E-state index contributed by atoms with van der Waals surface area (Å²) in [6.07, 6.45) is 2.75. The van der Waals surface area contributed by atoms with E-state index in [1.807, 2.05) is 0 Å². The predicted molar refractivity (Wildman–Crippen MR) is 73.0 cm³/mol. The minimum Gasteiger partial charge on any atom is -0.480 e. The lowest BCUT2D eigenvalue weighted by Gasteiger charge is -2.28. The van der Waals surface area contributed by atoms with E-state index < -0.39 is 24.5 Å². The van der Waals surface area contributed by atoms with E-state index in [-0.39, 0.29) is 12.0 Å². The zero-order chi connectivity index (χ0) is 15.3. The molecule has 1 saturated heterocycles. The molecule has 0 bridgehead atoms. The minimum atomic E-state index is -1.16. The maximum absolute atomic E-state index is 12.3. The Morgan fingerprint density at radius 3 is 2.40 bits per heavy atom. The smallest absolute Gasteiger partial charge is 0.323 e.